The summed E-state index contributed by atoms with van der Waals surface area (Å²) in [7, 11) is 0. The van der Waals surface area contributed by atoms with Crippen molar-refractivity contribution in [3.05, 3.63) is 0 Å². The molecule has 0 unspecified atom stereocenters. The van der Waals surface area contributed by atoms with E-state index in [0.717, 1.165) is 0 Å². The number of hydrogen-bond acceptors (Lipinski definition) is 12. The molecule has 0 bridgehead atoms. The fraction of sp³-hybridized carbons (Fsp3) is 0.333. The molecule has 0 atom stereocenters. The van der Waals surface area contributed by atoms with Crippen LogP contribution in [0.3, 0.4) is 0 Å². The van der Waals surface area contributed by atoms with Gasteiger partial charge in [-0.1, -0.05) is 0 Å². The molecule has 0 aromatic carbocycles. The topological polar surface area (TPSA) is 241 Å². The fourth-order valence-corrected chi connectivity index (χ4v) is 0.354. The van der Waals surface area contributed by atoms with Gasteiger partial charge < -0.3 is 59.4 Å². The molecule has 0 aliphatic rings. The maximum absolute atomic E-state index is 9.28. The van der Waals surface area contributed by atoms with Gasteiger partial charge in [0.25, 0.3) is 0 Å². The number of rotatable bonds is 6. The Bertz CT molecular complexity index is 321. The second-order valence-electron chi connectivity index (χ2n) is 2.76. The van der Waals surface area contributed by atoms with Crippen molar-refractivity contribution in [2.24, 2.45) is 0 Å². The molecule has 0 rings (SSSR count). The molecular formula is C9H6Nd2O12. The monoisotopic (exact) mass is 590 g/mol. The van der Waals surface area contributed by atoms with Crippen molar-refractivity contribution in [3.8, 4) is 0 Å². The molecule has 0 aliphatic carbocycles. The summed E-state index contributed by atoms with van der Waals surface area (Å²) in [4.78, 5) is 55.7. The van der Waals surface area contributed by atoms with Gasteiger partial charge in [-0.3, -0.25) is 0 Å². The minimum absolute atomic E-state index is 0. The standard InChI is InChI=1S/3C3H4O4.2Nd/c3*4-2(5)1-3(6)7;;/h3*1H2,(H,4,5)(H,6,7);;/q;;;2*+3/p-6. The molecule has 2 radical (unpaired) electrons. The Morgan fingerprint density at radius 3 is 0.478 bits per heavy atom. The molecule has 0 aliphatic heterocycles. The van der Waals surface area contributed by atoms with Gasteiger partial charge in [0, 0.05) is 55.1 Å². The summed E-state index contributed by atoms with van der Waals surface area (Å²) in [5.74, 6) is -9.75. The van der Waals surface area contributed by atoms with Crippen LogP contribution in [0.4, 0.5) is 0 Å². The van der Waals surface area contributed by atoms with Crippen molar-refractivity contribution in [2.45, 2.75) is 19.3 Å². The van der Waals surface area contributed by atoms with Gasteiger partial charge in [-0.2, -0.15) is 0 Å². The SMILES string of the molecule is O=C([O-])CC(=O)[O-].O=C([O-])CC(=O)[O-].O=C([O-])CC(=O)[O-].[Nd+3].[Nd+3]. The van der Waals surface area contributed by atoms with Crippen molar-refractivity contribution in [2.75, 3.05) is 0 Å². The van der Waals surface area contributed by atoms with Gasteiger partial charge in [0.05, 0.1) is 0 Å². The van der Waals surface area contributed by atoms with E-state index in [1.165, 1.54) is 0 Å². The number of carbonyl (C=O) groups excluding carboxylic acids is 6. The average Bonchev–Trinajstić information content (AvgIpc) is 2.10. The summed E-state index contributed by atoms with van der Waals surface area (Å²) < 4.78 is 0. The molecule has 0 aromatic heterocycles. The summed E-state index contributed by atoms with van der Waals surface area (Å²) in [6, 6.07) is 0. The Kier molecular flexibility index (Phi) is 31.8. The molecule has 0 fully saturated rings. The van der Waals surface area contributed by atoms with Gasteiger partial charge >= 0.3 is 81.7 Å². The number of carboxylic acids is 6. The molecule has 0 N–H and O–H groups in total. The molecular weight excluding hydrogens is 589 g/mol. The van der Waals surface area contributed by atoms with E-state index < -0.39 is 55.1 Å². The van der Waals surface area contributed by atoms with Crippen molar-refractivity contribution in [1.82, 2.24) is 0 Å². The van der Waals surface area contributed by atoms with E-state index >= 15 is 0 Å². The zero-order valence-electron chi connectivity index (χ0n) is 11.0. The Balaban J connectivity index is -0.0000000675. The van der Waals surface area contributed by atoms with Crippen LogP contribution in [0.25, 0.3) is 0 Å². The average molecular weight is 595 g/mol. The van der Waals surface area contributed by atoms with Crippen LogP contribution in [-0.2, 0) is 28.8 Å². The third-order valence-electron chi connectivity index (χ3n) is 0.866. The molecule has 12 nitrogen and oxygen atoms in total. The first-order valence-electron chi connectivity index (χ1n) is 4.57. The van der Waals surface area contributed by atoms with E-state index in [1.807, 2.05) is 0 Å². The van der Waals surface area contributed by atoms with Crippen LogP contribution < -0.4 is 30.6 Å². The van der Waals surface area contributed by atoms with Crippen molar-refractivity contribution in [3.63, 3.8) is 0 Å². The summed E-state index contributed by atoms with van der Waals surface area (Å²) in [5, 5.41) is 55.7. The van der Waals surface area contributed by atoms with Crippen molar-refractivity contribution in [1.29, 1.82) is 0 Å². The molecule has 0 heterocycles. The third kappa shape index (κ3) is 61.8. The van der Waals surface area contributed by atoms with Crippen LogP contribution in [-0.4, -0.2) is 35.8 Å². The first-order chi connectivity index (χ1) is 9.38. The van der Waals surface area contributed by atoms with Crippen LogP contribution >= 0.6 is 0 Å². The van der Waals surface area contributed by atoms with Gasteiger partial charge in [-0.25, -0.2) is 0 Å². The summed E-state index contributed by atoms with van der Waals surface area (Å²) in [6.45, 7) is 0. The molecule has 122 valence electrons. The van der Waals surface area contributed by atoms with E-state index in [-0.39, 0.29) is 81.7 Å². The van der Waals surface area contributed by atoms with Gasteiger partial charge in [0.1, 0.15) is 0 Å². The van der Waals surface area contributed by atoms with E-state index in [1.54, 1.807) is 0 Å². The predicted octanol–water partition coefficient (Wildman–Crippen LogP) is -9.37. The first-order valence-corrected chi connectivity index (χ1v) is 4.57. The number of carbonyl (C=O) groups is 6. The largest absolute Gasteiger partial charge is 3.00 e. The predicted molar refractivity (Wildman–Crippen MR) is 43.9 cm³/mol. The molecule has 14 heteroatoms. The van der Waals surface area contributed by atoms with Crippen molar-refractivity contribution >= 4 is 35.8 Å². The Labute approximate surface area is 193 Å². The van der Waals surface area contributed by atoms with Crippen LogP contribution in [0.5, 0.6) is 0 Å². The quantitative estimate of drug-likeness (QED) is 0.260. The van der Waals surface area contributed by atoms with Crippen LogP contribution in [0.1, 0.15) is 19.3 Å². The molecule has 0 saturated carbocycles. The van der Waals surface area contributed by atoms with Crippen molar-refractivity contribution < 1.29 is 141 Å². The normalized spacial score (nSPS) is 7.30. The van der Waals surface area contributed by atoms with Gasteiger partial charge in [-0.05, 0) is 0 Å². The zero-order valence-corrected chi connectivity index (χ0v) is 17.4. The van der Waals surface area contributed by atoms with E-state index in [9.17, 15) is 59.4 Å². The van der Waals surface area contributed by atoms with Gasteiger partial charge in [-0.15, -0.1) is 0 Å². The Hall–Kier alpha value is -0.479. The first kappa shape index (κ1) is 34.0. The van der Waals surface area contributed by atoms with Crippen LogP contribution in [0.2, 0.25) is 0 Å². The molecule has 0 amide bonds. The summed E-state index contributed by atoms with van der Waals surface area (Å²) >= 11 is 0. The fourth-order valence-electron chi connectivity index (χ4n) is 0.354. The minimum atomic E-state index is -1.63. The molecule has 23 heavy (non-hydrogen) atoms. The van der Waals surface area contributed by atoms with Crippen LogP contribution in [0.15, 0.2) is 0 Å². The maximum atomic E-state index is 9.28. The number of hydrogen-bond donors (Lipinski definition) is 0. The number of aliphatic carboxylic acids is 6. The zero-order chi connectivity index (χ0) is 17.6. The maximum Gasteiger partial charge on any atom is 3.00 e. The molecule has 0 spiro atoms. The number of carboxylic acid groups (broad SMARTS) is 6. The summed E-state index contributed by atoms with van der Waals surface area (Å²) in [6.07, 6.45) is -3.08. The second-order valence-corrected chi connectivity index (χ2v) is 2.76. The molecule has 0 saturated heterocycles. The molecule has 0 aromatic rings. The van der Waals surface area contributed by atoms with Crippen LogP contribution in [0, 0.1) is 81.7 Å². The van der Waals surface area contributed by atoms with E-state index in [2.05, 4.69) is 0 Å². The smallest absolute Gasteiger partial charge is 0.550 e. The van der Waals surface area contributed by atoms with E-state index in [4.69, 9.17) is 0 Å². The third-order valence-corrected chi connectivity index (χ3v) is 0.866. The Morgan fingerprint density at radius 1 is 0.391 bits per heavy atom. The second kappa shape index (κ2) is 21.5. The van der Waals surface area contributed by atoms with Gasteiger partial charge in [0.2, 0.25) is 0 Å². The van der Waals surface area contributed by atoms with E-state index in [0.29, 0.717) is 0 Å². The van der Waals surface area contributed by atoms with Gasteiger partial charge in [0.15, 0.2) is 0 Å². The summed E-state index contributed by atoms with van der Waals surface area (Å²) in [5.41, 5.74) is 0. The Morgan fingerprint density at radius 2 is 0.478 bits per heavy atom. The minimum Gasteiger partial charge on any atom is -0.550 e.